The number of hydrogen-bond donors (Lipinski definition) is 3. The SMILES string of the molecule is CN1CCc2nc(NC(=O)c3cccc(C4CCCN4N(O)c4ccc([N+]5(N)CC5)cc4)c3)sc2C1. The second-order valence-corrected chi connectivity index (χ2v) is 11.1. The molecule has 9 nitrogen and oxygen atoms in total. The molecule has 3 aliphatic rings. The minimum atomic E-state index is -0.161. The number of quaternary nitrogens is 1. The van der Waals surface area contributed by atoms with Gasteiger partial charge in [0.05, 0.1) is 17.4 Å². The lowest BCUT2D eigenvalue weighted by Crippen LogP contribution is -2.40. The molecule has 0 bridgehead atoms. The van der Waals surface area contributed by atoms with Gasteiger partial charge in [-0.3, -0.25) is 15.3 Å². The number of anilines is 2. The maximum absolute atomic E-state index is 13.1. The third-order valence-corrected chi connectivity index (χ3v) is 8.44. The molecule has 4 N–H and O–H groups in total. The van der Waals surface area contributed by atoms with E-state index in [-0.39, 0.29) is 11.9 Å². The smallest absolute Gasteiger partial charge is 0.257 e. The molecule has 4 heterocycles. The average molecular weight is 507 g/mol. The number of hydrogen-bond acceptors (Lipinski definition) is 8. The summed E-state index contributed by atoms with van der Waals surface area (Å²) in [5, 5.41) is 17.9. The largest absolute Gasteiger partial charge is 0.301 e. The Hall–Kier alpha value is -2.86. The van der Waals surface area contributed by atoms with Crippen LogP contribution in [0.1, 0.15) is 45.4 Å². The standard InChI is InChI=1S/C26H31N7O2S/c1-30-13-11-22-24(17-30)36-26(28-22)29-25(34)19-5-2-4-18(16-19)23-6-3-12-31(23)32(35)20-7-9-21(10-8-20)33(27)14-15-33/h2,4-5,7-10,16,23,35H,3,6,11-15,17,27H2,1H3/p+1. The lowest BCUT2D eigenvalue weighted by molar-refractivity contribution is 0.0549. The molecular weight excluding hydrogens is 474 g/mol. The Kier molecular flexibility index (Phi) is 6.03. The fourth-order valence-electron chi connectivity index (χ4n) is 5.15. The number of benzene rings is 2. The van der Waals surface area contributed by atoms with Crippen molar-refractivity contribution in [1.82, 2.24) is 19.5 Å². The van der Waals surface area contributed by atoms with Gasteiger partial charge in [0, 0.05) is 48.6 Å². The highest BCUT2D eigenvalue weighted by molar-refractivity contribution is 7.15. The molecule has 3 aliphatic heterocycles. The Balaban J connectivity index is 1.17. The zero-order valence-electron chi connectivity index (χ0n) is 20.4. The monoisotopic (exact) mass is 506 g/mol. The Labute approximate surface area is 214 Å². The number of carbonyl (C=O) groups is 1. The number of carbonyl (C=O) groups excluding carboxylic acids is 1. The van der Waals surface area contributed by atoms with Crippen LogP contribution < -0.4 is 20.9 Å². The summed E-state index contributed by atoms with van der Waals surface area (Å²) in [4.78, 5) is 21.2. The van der Waals surface area contributed by atoms with Crippen LogP contribution in [0.5, 0.6) is 0 Å². The second-order valence-electron chi connectivity index (χ2n) is 10.1. The molecule has 1 atom stereocenters. The minimum absolute atomic E-state index is 0.0230. The summed E-state index contributed by atoms with van der Waals surface area (Å²) >= 11 is 1.56. The van der Waals surface area contributed by atoms with E-state index in [0.717, 1.165) is 68.9 Å². The topological polar surface area (TPSA) is 98.0 Å². The molecule has 0 spiro atoms. The van der Waals surface area contributed by atoms with Crippen LogP contribution in [-0.4, -0.2) is 59.2 Å². The van der Waals surface area contributed by atoms with E-state index in [0.29, 0.717) is 21.0 Å². The van der Waals surface area contributed by atoms with Crippen molar-refractivity contribution < 1.29 is 10.0 Å². The zero-order valence-corrected chi connectivity index (χ0v) is 21.2. The lowest BCUT2D eigenvalue weighted by atomic mass is 10.0. The van der Waals surface area contributed by atoms with Crippen molar-refractivity contribution in [2.75, 3.05) is 43.7 Å². The molecule has 2 saturated heterocycles. The number of nitrogens with zero attached hydrogens (tertiary/aromatic N) is 5. The van der Waals surface area contributed by atoms with E-state index in [2.05, 4.69) is 22.2 Å². The van der Waals surface area contributed by atoms with Gasteiger partial charge in [-0.25, -0.2) is 9.58 Å². The number of nitrogens with one attached hydrogen (secondary N) is 1. The quantitative estimate of drug-likeness (QED) is 0.204. The van der Waals surface area contributed by atoms with Crippen LogP contribution in [-0.2, 0) is 13.0 Å². The summed E-state index contributed by atoms with van der Waals surface area (Å²) in [6, 6.07) is 15.4. The zero-order chi connectivity index (χ0) is 24.9. The van der Waals surface area contributed by atoms with E-state index in [1.54, 1.807) is 11.3 Å². The summed E-state index contributed by atoms with van der Waals surface area (Å²) in [6.07, 6.45) is 2.77. The normalized spacial score (nSPS) is 21.2. The summed E-state index contributed by atoms with van der Waals surface area (Å²) in [7, 11) is 2.10. The van der Waals surface area contributed by atoms with Crippen molar-refractivity contribution in [1.29, 1.82) is 0 Å². The number of amides is 1. The van der Waals surface area contributed by atoms with Crippen LogP contribution in [0.3, 0.4) is 0 Å². The van der Waals surface area contributed by atoms with Crippen molar-refractivity contribution >= 4 is 33.8 Å². The number of nitrogens with two attached hydrogens (primary N) is 1. The van der Waals surface area contributed by atoms with Crippen LogP contribution in [0.2, 0.25) is 0 Å². The predicted molar refractivity (Wildman–Crippen MR) is 142 cm³/mol. The third kappa shape index (κ3) is 4.52. The first-order chi connectivity index (χ1) is 17.4. The van der Waals surface area contributed by atoms with Crippen molar-refractivity contribution in [3.8, 4) is 0 Å². The van der Waals surface area contributed by atoms with Crippen LogP contribution in [0.15, 0.2) is 48.5 Å². The van der Waals surface area contributed by atoms with Crippen molar-refractivity contribution in [2.24, 2.45) is 5.84 Å². The molecule has 36 heavy (non-hydrogen) atoms. The Morgan fingerprint density at radius 1 is 1.22 bits per heavy atom. The van der Waals surface area contributed by atoms with E-state index in [9.17, 15) is 10.0 Å². The van der Waals surface area contributed by atoms with E-state index in [1.165, 1.54) is 10.0 Å². The predicted octanol–water partition coefficient (Wildman–Crippen LogP) is 3.53. The van der Waals surface area contributed by atoms with Gasteiger partial charge in [-0.15, -0.1) is 11.3 Å². The molecular formula is C26H32N7O2S+. The highest BCUT2D eigenvalue weighted by atomic mass is 32.1. The summed E-state index contributed by atoms with van der Waals surface area (Å²) < 4.78 is 0.466. The number of thiazole rings is 1. The molecule has 0 radical (unpaired) electrons. The van der Waals surface area contributed by atoms with E-state index < -0.39 is 0 Å². The summed E-state index contributed by atoms with van der Waals surface area (Å²) in [5.74, 6) is 6.08. The highest BCUT2D eigenvalue weighted by Crippen LogP contribution is 2.36. The number of rotatable bonds is 6. The third-order valence-electron chi connectivity index (χ3n) is 7.44. The maximum Gasteiger partial charge on any atom is 0.257 e. The van der Waals surface area contributed by atoms with Crippen LogP contribution >= 0.6 is 11.3 Å². The number of aromatic nitrogens is 1. The van der Waals surface area contributed by atoms with Gasteiger partial charge in [0.15, 0.2) is 23.9 Å². The molecule has 188 valence electrons. The van der Waals surface area contributed by atoms with Crippen LogP contribution in [0.4, 0.5) is 16.5 Å². The van der Waals surface area contributed by atoms with Crippen LogP contribution in [0, 0.1) is 0 Å². The molecule has 1 unspecified atom stereocenters. The molecule has 1 amide bonds. The first-order valence-corrected chi connectivity index (χ1v) is 13.3. The minimum Gasteiger partial charge on any atom is -0.301 e. The first-order valence-electron chi connectivity index (χ1n) is 12.5. The van der Waals surface area contributed by atoms with Gasteiger partial charge in [-0.2, -0.15) is 16.0 Å². The maximum atomic E-state index is 13.1. The molecule has 2 aromatic carbocycles. The molecule has 0 aliphatic carbocycles. The van der Waals surface area contributed by atoms with Crippen molar-refractivity contribution in [2.45, 2.75) is 31.8 Å². The van der Waals surface area contributed by atoms with Gasteiger partial charge in [-0.05, 0) is 49.7 Å². The Morgan fingerprint density at radius 3 is 2.81 bits per heavy atom. The molecule has 3 aromatic rings. The van der Waals surface area contributed by atoms with Crippen molar-refractivity contribution in [3.05, 3.63) is 70.2 Å². The van der Waals surface area contributed by atoms with Gasteiger partial charge in [-0.1, -0.05) is 12.1 Å². The molecule has 10 heteroatoms. The van der Waals surface area contributed by atoms with E-state index in [1.807, 2.05) is 53.5 Å². The van der Waals surface area contributed by atoms with Gasteiger partial charge < -0.3 is 4.90 Å². The van der Waals surface area contributed by atoms with Gasteiger partial charge >= 0.3 is 0 Å². The number of likely N-dealkylation sites (N-methyl/N-ethyl adjacent to an activating group) is 1. The fourth-order valence-corrected chi connectivity index (χ4v) is 6.23. The Bertz CT molecular complexity index is 1270. The van der Waals surface area contributed by atoms with Crippen LogP contribution in [0.25, 0.3) is 0 Å². The van der Waals surface area contributed by atoms with Gasteiger partial charge in [0.2, 0.25) is 0 Å². The number of fused-ring (bicyclic) bond motifs is 1. The lowest BCUT2D eigenvalue weighted by Gasteiger charge is -2.33. The molecule has 2 fully saturated rings. The fraction of sp³-hybridized carbons (Fsp3) is 0.385. The van der Waals surface area contributed by atoms with E-state index in [4.69, 9.17) is 5.84 Å². The van der Waals surface area contributed by atoms with Gasteiger partial charge in [0.1, 0.15) is 0 Å². The Morgan fingerprint density at radius 2 is 2.03 bits per heavy atom. The van der Waals surface area contributed by atoms with Crippen molar-refractivity contribution in [3.63, 3.8) is 0 Å². The second kappa shape index (κ2) is 9.22. The average Bonchev–Trinajstić information content (AvgIpc) is 3.28. The summed E-state index contributed by atoms with van der Waals surface area (Å²) in [6.45, 7) is 4.49. The molecule has 1 aromatic heterocycles. The summed E-state index contributed by atoms with van der Waals surface area (Å²) in [5.41, 5.74) is 4.45. The van der Waals surface area contributed by atoms with Gasteiger partial charge in [0.25, 0.3) is 5.91 Å². The number of hydrazine groups is 1. The molecule has 6 rings (SSSR count). The first kappa shape index (κ1) is 23.5. The van der Waals surface area contributed by atoms with E-state index >= 15 is 0 Å². The molecule has 0 saturated carbocycles. The highest BCUT2D eigenvalue weighted by Gasteiger charge is 2.41.